The van der Waals surface area contributed by atoms with Crippen LogP contribution in [0.5, 0.6) is 0 Å². The number of benzene rings is 1. The van der Waals surface area contributed by atoms with Crippen LogP contribution in [0, 0.1) is 0 Å². The number of aliphatic hydroxyl groups is 27. The Hall–Kier alpha value is -2.90. The molecular formula is C87H149N3O48S3Si. The third kappa shape index (κ3) is 31.5. The average molecular weight is 2130 g/mol. The number of nitrogens with one attached hydrogen (secondary N) is 3. The normalized spacial score (nSPS) is 41.6. The molecule has 142 heavy (non-hydrogen) atoms. The molecule has 9 saturated heterocycles. The van der Waals surface area contributed by atoms with Gasteiger partial charge < -0.3 is 239 Å². The van der Waals surface area contributed by atoms with Gasteiger partial charge in [-0.25, -0.2) is 0 Å². The Morgan fingerprint density at radius 2 is 0.493 bits per heavy atom. The van der Waals surface area contributed by atoms with Crippen molar-refractivity contribution in [1.29, 1.82) is 0 Å². The minimum absolute atomic E-state index is 0.0578. The van der Waals surface area contributed by atoms with E-state index in [1.54, 1.807) is 0 Å². The summed E-state index contributed by atoms with van der Waals surface area (Å²) in [6.07, 6.45) is -65.8. The Balaban J connectivity index is 0.699. The third-order valence-corrected chi connectivity index (χ3v) is 36.1. The fourth-order valence-corrected chi connectivity index (χ4v) is 29.3. The highest BCUT2D eigenvalue weighted by Gasteiger charge is 2.60. The molecule has 9 heterocycles. The summed E-state index contributed by atoms with van der Waals surface area (Å²) in [5.74, 6) is 2.78. The number of unbranched alkanes of at least 4 members (excludes halogenated alkanes) is 6. The molecule has 0 aliphatic carbocycles. The highest BCUT2D eigenvalue weighted by molar-refractivity contribution is 8.00. The van der Waals surface area contributed by atoms with E-state index in [1.165, 1.54) is 5.19 Å². The van der Waals surface area contributed by atoms with E-state index in [2.05, 4.69) is 28.1 Å². The van der Waals surface area contributed by atoms with Gasteiger partial charge in [0.2, 0.25) is 17.7 Å². The van der Waals surface area contributed by atoms with Crippen molar-refractivity contribution in [3.63, 3.8) is 0 Å². The highest BCUT2D eigenvalue weighted by atomic mass is 32.2. The molecule has 0 bridgehead atoms. The zero-order valence-electron chi connectivity index (χ0n) is 79.0. The maximum atomic E-state index is 12.1. The summed E-state index contributed by atoms with van der Waals surface area (Å²) in [6, 6.07) is 8.76. The third-order valence-electron chi connectivity index (χ3n) is 26.6. The van der Waals surface area contributed by atoms with Crippen molar-refractivity contribution in [2.45, 2.75) is 373 Å². The van der Waals surface area contributed by atoms with Crippen molar-refractivity contribution in [1.82, 2.24) is 16.0 Å². The summed E-state index contributed by atoms with van der Waals surface area (Å²) in [5, 5.41) is 301. The molecule has 3 amide bonds. The fourth-order valence-electron chi connectivity index (χ4n) is 18.5. The summed E-state index contributed by atoms with van der Waals surface area (Å²) in [7, 11) is -2.33. The second-order valence-corrected chi connectivity index (χ2v) is 45.0. The first-order chi connectivity index (χ1) is 68.0. The summed E-state index contributed by atoms with van der Waals surface area (Å²) in [5.41, 5.74) is 0. The number of carbonyl (C=O) groups excluding carboxylic acids is 3. The highest BCUT2D eigenvalue weighted by Crippen LogP contribution is 2.40. The minimum Gasteiger partial charge on any atom is -0.394 e. The lowest BCUT2D eigenvalue weighted by Gasteiger charge is -2.48. The Morgan fingerprint density at radius 1 is 0.261 bits per heavy atom. The Labute approximate surface area is 832 Å². The van der Waals surface area contributed by atoms with Crippen molar-refractivity contribution in [3.8, 4) is 0 Å². The molecule has 1 aromatic rings. The molecule has 51 nitrogen and oxygen atoms in total. The number of ether oxygens (including phenoxy) is 18. The van der Waals surface area contributed by atoms with Gasteiger partial charge in [0.05, 0.1) is 67.5 Å². The van der Waals surface area contributed by atoms with Gasteiger partial charge in [0.25, 0.3) is 0 Å². The predicted octanol–water partition coefficient (Wildman–Crippen LogP) is -13.1. The van der Waals surface area contributed by atoms with E-state index in [-0.39, 0.29) is 19.8 Å². The predicted molar refractivity (Wildman–Crippen MR) is 490 cm³/mol. The lowest BCUT2D eigenvalue weighted by atomic mass is 9.95. The van der Waals surface area contributed by atoms with Crippen molar-refractivity contribution >= 4 is 66.3 Å². The number of amides is 3. The topological polar surface area (TPSA) is 800 Å². The minimum atomic E-state index is -2.33. The smallest absolute Gasteiger partial charge is 0.217 e. The van der Waals surface area contributed by atoms with Crippen LogP contribution in [-0.4, -0.2) is 554 Å². The van der Waals surface area contributed by atoms with E-state index in [0.717, 1.165) is 92.7 Å². The Morgan fingerprint density at radius 3 is 0.739 bits per heavy atom. The lowest BCUT2D eigenvalue weighted by molar-refractivity contribution is -0.375. The fraction of sp³-hybridized carbons (Fsp3) is 0.897. The molecule has 1 aromatic carbocycles. The SMILES string of the molecule is CC(=O)N[C@H]1[C@H](O[C@H]2[C@@H](O)[C@@H](CO)O[C@@H](O[C@@H]3[C@@H](O)[C@H](O)C(OCCCCCSCC[Si](CCSCCCCCOC4O[C@@H](CO)[C@H](O[C@@H]5O[C@H](CO)[C@H](O)[C@H](O[C@@H]6O[C@H](CO)[C@@H](O)[C@H](O)[C@H]6NC(C)=O)[C@H]5O)[C@@H](O)[C@@H]4O)(CCSCCCCCOC4O[C@@H](CO)[C@H](O[C@@H]5O[C@H](CO)[C@H](O)[C@H](O[C@@H]6O[C@H](CO)[C@@H](O)[C@H](O)[C@H]6NC(C)=O)[C@H]5O)[C@@H](O)[C@@H]4O)c4ccccc4)O[C@H]3CO)[C@@H]2O)O[C@H](CO)[C@@H](O)[C@@H]1O. The second-order valence-electron chi connectivity index (χ2n) is 36.7. The largest absolute Gasteiger partial charge is 0.394 e. The molecule has 822 valence electrons. The summed E-state index contributed by atoms with van der Waals surface area (Å²) < 4.78 is 105. The van der Waals surface area contributed by atoms with Gasteiger partial charge in [-0.05, 0) is 91.2 Å². The zero-order valence-corrected chi connectivity index (χ0v) is 82.4. The Kier molecular flexibility index (Phi) is 50.6. The van der Waals surface area contributed by atoms with Gasteiger partial charge in [-0.15, -0.1) is 0 Å². The molecule has 9 fully saturated rings. The first-order valence-electron chi connectivity index (χ1n) is 48.0. The molecule has 55 heteroatoms. The number of thioether (sulfide) groups is 3. The molecule has 0 spiro atoms. The molecule has 9 aliphatic heterocycles. The van der Waals surface area contributed by atoms with Crippen LogP contribution in [0.2, 0.25) is 18.1 Å². The number of carbonyl (C=O) groups is 3. The van der Waals surface area contributed by atoms with E-state index < -0.39 is 361 Å². The van der Waals surface area contributed by atoms with Gasteiger partial charge in [0.1, 0.15) is 220 Å². The van der Waals surface area contributed by atoms with Crippen LogP contribution in [-0.2, 0) is 99.6 Å². The maximum Gasteiger partial charge on any atom is 0.217 e. The van der Waals surface area contributed by atoms with Crippen molar-refractivity contribution < 1.29 is 238 Å². The molecular weight excluding hydrogens is 1980 g/mol. The molecule has 0 aromatic heterocycles. The van der Waals surface area contributed by atoms with Gasteiger partial charge in [-0.1, -0.05) is 54.8 Å². The van der Waals surface area contributed by atoms with Gasteiger partial charge in [0, 0.05) is 40.6 Å². The number of rotatable bonds is 55. The molecule has 10 rings (SSSR count). The number of hydrogen-bond donors (Lipinski definition) is 30. The van der Waals surface area contributed by atoms with Crippen LogP contribution in [0.25, 0.3) is 0 Å². The molecule has 0 saturated carbocycles. The summed E-state index contributed by atoms with van der Waals surface area (Å²) >= 11 is 5.46. The number of aliphatic hydroxyl groups excluding tert-OH is 27. The van der Waals surface area contributed by atoms with Crippen LogP contribution < -0.4 is 21.1 Å². The van der Waals surface area contributed by atoms with Gasteiger partial charge >= 0.3 is 0 Å². The van der Waals surface area contributed by atoms with Crippen LogP contribution in [0.15, 0.2) is 30.3 Å². The van der Waals surface area contributed by atoms with E-state index in [1.807, 2.05) is 53.5 Å². The van der Waals surface area contributed by atoms with Gasteiger partial charge in [-0.3, -0.25) is 14.4 Å². The molecule has 45 atom stereocenters. The van der Waals surface area contributed by atoms with Crippen LogP contribution >= 0.6 is 35.3 Å². The first-order valence-corrected chi connectivity index (χ1v) is 54.1. The quantitative estimate of drug-likeness (QED) is 0.0213. The van der Waals surface area contributed by atoms with Crippen molar-refractivity contribution in [2.24, 2.45) is 0 Å². The monoisotopic (exact) mass is 2130 g/mol. The standard InChI is InChI=1S/C87H149N3O48S3Si/c1-39(100)88-52-61(109)55(103)43(30-91)124-79(52)136-76-58(106)46(33-94)127-85(70(76)118)133-73-49(36-97)130-82(67(115)64(73)112)121-18-10-5-13-21-139-24-27-142(42-16-8-4-9-17-42,28-25-140-22-14-6-11-19-122-83-68(116)65(113)74(50(37-98)131-83)134-86-71(119)77(59(107)47(34-95)128-86)137-80-53(89-40(2)101)62(110)56(104)44(31-92)125-80)29-26-141-23-15-7-12-20-123-84-69(117)66(114)75(51(38-99)132-84)135-87-72(120)78(60(108)48(35-96)129-87)138-81-54(90-41(3)102)63(111)57(105)45(32-93)126-81/h4,8-9,16-17,43-87,91-99,103-120H,5-7,10-15,18-38H2,1-3H3,(H,88,100)(H,89,101)(H,90,102)/t43-,44-,45-,46-,47-,48-,49+,50+,51+,52-,53-,54-,55-,56-,57-,58+,59+,60+,61-,62-,63-,64+,65+,66+,67+,68+,69+,70-,71-,72-,73+,74+,75+,76+,77+,78+,79+,80+,81+,82?,83?,84?,85+,86+,87+,142?/m1/s1. The first kappa shape index (κ1) is 121. The van der Waals surface area contributed by atoms with E-state index in [4.69, 9.17) is 85.3 Å². The van der Waals surface area contributed by atoms with Crippen molar-refractivity contribution in [3.05, 3.63) is 30.3 Å². The number of hydrogen-bond acceptors (Lipinski definition) is 51. The summed E-state index contributed by atoms with van der Waals surface area (Å²) in [4.78, 5) is 36.4. The van der Waals surface area contributed by atoms with E-state index in [0.29, 0.717) is 38.5 Å². The molecule has 3 unspecified atom stereocenters. The van der Waals surface area contributed by atoms with Crippen LogP contribution in [0.4, 0.5) is 0 Å². The van der Waals surface area contributed by atoms with Gasteiger partial charge in [-0.2, -0.15) is 35.3 Å². The van der Waals surface area contributed by atoms with E-state index >= 15 is 0 Å². The molecule has 30 N–H and O–H groups in total. The Bertz CT molecular complexity index is 3430. The molecule has 9 aliphatic rings. The van der Waals surface area contributed by atoms with E-state index in [9.17, 15) is 152 Å². The van der Waals surface area contributed by atoms with Crippen LogP contribution in [0.1, 0.15) is 78.6 Å². The molecule has 0 radical (unpaired) electrons. The lowest BCUT2D eigenvalue weighted by Crippen LogP contribution is -2.68. The zero-order chi connectivity index (χ0) is 104. The van der Waals surface area contributed by atoms with Gasteiger partial charge in [0.15, 0.2) is 56.6 Å². The average Bonchev–Trinajstić information content (AvgIpc) is 0.772. The maximum absolute atomic E-state index is 12.1. The van der Waals surface area contributed by atoms with Crippen LogP contribution in [0.3, 0.4) is 0 Å². The second kappa shape index (κ2) is 59.4. The summed E-state index contributed by atoms with van der Waals surface area (Å²) in [6.45, 7) is -4.08. The van der Waals surface area contributed by atoms with Crippen molar-refractivity contribution in [2.75, 3.05) is 114 Å².